The molecular weight excluding hydrogens is 144 g/mol. The fraction of sp³-hybridized carbons (Fsp3) is 0.167. The highest BCUT2D eigenvalue weighted by molar-refractivity contribution is 5.85. The molecule has 2 rings (SSSR count). The van der Waals surface area contributed by atoms with Crippen LogP contribution in [0.4, 0.5) is 0 Å². The second kappa shape index (κ2) is 2.98. The molecule has 0 nitrogen and oxygen atoms in total. The van der Waals surface area contributed by atoms with E-state index in [1.165, 1.54) is 16.3 Å². The average Bonchev–Trinajstić information content (AvgIpc) is 2.17. The van der Waals surface area contributed by atoms with Gasteiger partial charge in [0, 0.05) is 0 Å². The second-order valence-corrected chi connectivity index (χ2v) is 2.92. The second-order valence-electron chi connectivity index (χ2n) is 2.92. The van der Waals surface area contributed by atoms with Crippen LogP contribution in [0.1, 0.15) is 12.5 Å². The lowest BCUT2D eigenvalue weighted by molar-refractivity contribution is 1.16. The third-order valence-electron chi connectivity index (χ3n) is 2.20. The van der Waals surface area contributed by atoms with Crippen LogP contribution in [0.3, 0.4) is 0 Å². The Kier molecular flexibility index (Phi) is 1.83. The average molecular weight is 155 g/mol. The van der Waals surface area contributed by atoms with Crippen LogP contribution in [-0.4, -0.2) is 0 Å². The van der Waals surface area contributed by atoms with E-state index in [1.54, 1.807) is 0 Å². The predicted octanol–water partition coefficient (Wildman–Crippen LogP) is 3.20. The molecule has 2 aromatic rings. The number of fused-ring (bicyclic) bond motifs is 1. The third kappa shape index (κ3) is 1.10. The first-order valence-electron chi connectivity index (χ1n) is 4.29. The largest absolute Gasteiger partial charge is 0.0614 e. The number of hydrogen-bond donors (Lipinski definition) is 0. The topological polar surface area (TPSA) is 0 Å². The highest BCUT2D eigenvalue weighted by Gasteiger charge is 1.95. The van der Waals surface area contributed by atoms with Gasteiger partial charge in [0.1, 0.15) is 0 Å². The van der Waals surface area contributed by atoms with Crippen LogP contribution in [0, 0.1) is 6.07 Å². The van der Waals surface area contributed by atoms with Gasteiger partial charge in [-0.25, -0.2) is 0 Å². The molecule has 0 heteroatoms. The van der Waals surface area contributed by atoms with Gasteiger partial charge in [-0.15, -0.1) is 0 Å². The molecule has 0 aliphatic rings. The van der Waals surface area contributed by atoms with Gasteiger partial charge >= 0.3 is 0 Å². The Morgan fingerprint density at radius 2 is 2.17 bits per heavy atom. The molecule has 0 aliphatic heterocycles. The molecule has 0 unspecified atom stereocenters. The maximum absolute atomic E-state index is 3.09. The van der Waals surface area contributed by atoms with Crippen LogP contribution in [0.2, 0.25) is 0 Å². The number of rotatable bonds is 1. The van der Waals surface area contributed by atoms with E-state index in [1.807, 2.05) is 12.1 Å². The zero-order chi connectivity index (χ0) is 8.39. The van der Waals surface area contributed by atoms with Crippen LogP contribution in [0.15, 0.2) is 36.4 Å². The lowest BCUT2D eigenvalue weighted by atomic mass is 10.0. The summed E-state index contributed by atoms with van der Waals surface area (Å²) in [5, 5.41) is 2.65. The molecule has 2 aromatic carbocycles. The van der Waals surface area contributed by atoms with Crippen LogP contribution in [0.25, 0.3) is 10.8 Å². The van der Waals surface area contributed by atoms with E-state index in [2.05, 4.69) is 37.3 Å². The van der Waals surface area contributed by atoms with E-state index in [9.17, 15) is 0 Å². The summed E-state index contributed by atoms with van der Waals surface area (Å²) in [6, 6.07) is 15.6. The van der Waals surface area contributed by atoms with Crippen LogP contribution >= 0.6 is 0 Å². The van der Waals surface area contributed by atoms with Crippen LogP contribution in [-0.2, 0) is 6.42 Å². The van der Waals surface area contributed by atoms with E-state index < -0.39 is 0 Å². The van der Waals surface area contributed by atoms with Gasteiger partial charge in [-0.1, -0.05) is 37.3 Å². The third-order valence-corrected chi connectivity index (χ3v) is 2.20. The van der Waals surface area contributed by atoms with Crippen molar-refractivity contribution in [2.45, 2.75) is 13.3 Å². The highest BCUT2D eigenvalue weighted by Crippen LogP contribution is 2.17. The summed E-state index contributed by atoms with van der Waals surface area (Å²) in [7, 11) is 0. The van der Waals surface area contributed by atoms with Crippen molar-refractivity contribution < 1.29 is 0 Å². The lowest BCUT2D eigenvalue weighted by Gasteiger charge is -2.01. The van der Waals surface area contributed by atoms with Crippen molar-refractivity contribution in [2.75, 3.05) is 0 Å². The summed E-state index contributed by atoms with van der Waals surface area (Å²) in [6.07, 6.45) is 1.10. The fourth-order valence-corrected chi connectivity index (χ4v) is 1.54. The molecule has 59 valence electrons. The minimum Gasteiger partial charge on any atom is -0.0614 e. The molecule has 0 atom stereocenters. The lowest BCUT2D eigenvalue weighted by Crippen LogP contribution is -1.81. The maximum Gasteiger partial charge on any atom is -0.0152 e. The van der Waals surface area contributed by atoms with E-state index in [-0.39, 0.29) is 0 Å². The Balaban J connectivity index is 2.79. The molecule has 0 saturated carbocycles. The van der Waals surface area contributed by atoms with Crippen molar-refractivity contribution in [1.82, 2.24) is 0 Å². The first-order valence-corrected chi connectivity index (χ1v) is 4.29. The SMILES string of the molecule is CCc1cccc2c[c]ccc12. The van der Waals surface area contributed by atoms with Crippen molar-refractivity contribution in [3.8, 4) is 0 Å². The van der Waals surface area contributed by atoms with Crippen molar-refractivity contribution in [1.29, 1.82) is 0 Å². The van der Waals surface area contributed by atoms with Gasteiger partial charge in [0.2, 0.25) is 0 Å². The van der Waals surface area contributed by atoms with Crippen molar-refractivity contribution in [2.24, 2.45) is 0 Å². The monoisotopic (exact) mass is 155 g/mol. The molecule has 0 bridgehead atoms. The number of aryl methyl sites for hydroxylation is 1. The van der Waals surface area contributed by atoms with E-state index in [4.69, 9.17) is 0 Å². The zero-order valence-electron chi connectivity index (χ0n) is 7.17. The van der Waals surface area contributed by atoms with E-state index in [0.717, 1.165) is 6.42 Å². The van der Waals surface area contributed by atoms with Crippen molar-refractivity contribution >= 4 is 10.8 Å². The number of hydrogen-bond acceptors (Lipinski definition) is 0. The van der Waals surface area contributed by atoms with Crippen LogP contribution in [0.5, 0.6) is 0 Å². The van der Waals surface area contributed by atoms with Crippen molar-refractivity contribution in [3.63, 3.8) is 0 Å². The Hall–Kier alpha value is -1.30. The maximum atomic E-state index is 3.09. The minimum absolute atomic E-state index is 1.10. The minimum atomic E-state index is 1.10. The predicted molar refractivity (Wildman–Crippen MR) is 52.2 cm³/mol. The molecule has 0 spiro atoms. The highest BCUT2D eigenvalue weighted by atomic mass is 14.0. The molecule has 12 heavy (non-hydrogen) atoms. The van der Waals surface area contributed by atoms with Gasteiger partial charge in [-0.2, -0.15) is 0 Å². The summed E-state index contributed by atoms with van der Waals surface area (Å²) < 4.78 is 0. The summed E-state index contributed by atoms with van der Waals surface area (Å²) in [6.45, 7) is 2.19. The Bertz CT molecular complexity index is 383. The van der Waals surface area contributed by atoms with Gasteiger partial charge in [0.25, 0.3) is 0 Å². The van der Waals surface area contributed by atoms with Gasteiger partial charge in [0.05, 0.1) is 0 Å². The quantitative estimate of drug-likeness (QED) is 0.593. The Labute approximate surface area is 72.8 Å². The smallest absolute Gasteiger partial charge is 0.0152 e. The molecule has 0 heterocycles. The molecule has 0 fully saturated rings. The first kappa shape index (κ1) is 7.35. The van der Waals surface area contributed by atoms with E-state index >= 15 is 0 Å². The summed E-state index contributed by atoms with van der Waals surface area (Å²) in [5.41, 5.74) is 1.42. The number of benzene rings is 2. The normalized spacial score (nSPS) is 10.4. The van der Waals surface area contributed by atoms with Crippen LogP contribution < -0.4 is 0 Å². The molecular formula is C12H11. The summed E-state index contributed by atoms with van der Waals surface area (Å²) in [5.74, 6) is 0. The molecule has 0 amide bonds. The Morgan fingerprint density at radius 3 is 3.00 bits per heavy atom. The molecule has 0 aliphatic carbocycles. The molecule has 1 radical (unpaired) electrons. The Morgan fingerprint density at radius 1 is 1.25 bits per heavy atom. The van der Waals surface area contributed by atoms with Gasteiger partial charge < -0.3 is 0 Å². The zero-order valence-corrected chi connectivity index (χ0v) is 7.17. The van der Waals surface area contributed by atoms with E-state index in [0.29, 0.717) is 0 Å². The summed E-state index contributed by atoms with van der Waals surface area (Å²) in [4.78, 5) is 0. The summed E-state index contributed by atoms with van der Waals surface area (Å²) >= 11 is 0. The standard InChI is InChI=1S/C12H11/c1-2-10-7-5-8-11-6-3-4-9-12(10)11/h4-9H,2H2,1H3. The van der Waals surface area contributed by atoms with Gasteiger partial charge in [0.15, 0.2) is 0 Å². The molecule has 0 N–H and O–H groups in total. The molecule has 0 saturated heterocycles. The first-order chi connectivity index (χ1) is 5.92. The van der Waals surface area contributed by atoms with Crippen molar-refractivity contribution in [3.05, 3.63) is 48.0 Å². The molecule has 0 aromatic heterocycles. The van der Waals surface area contributed by atoms with Gasteiger partial charge in [-0.3, -0.25) is 0 Å². The van der Waals surface area contributed by atoms with Gasteiger partial charge in [-0.05, 0) is 34.9 Å². The fourth-order valence-electron chi connectivity index (χ4n) is 1.54.